The van der Waals surface area contributed by atoms with E-state index < -0.39 is 6.10 Å². The Morgan fingerprint density at radius 2 is 1.94 bits per heavy atom. The molecule has 3 heterocycles. The average Bonchev–Trinajstić information content (AvgIpc) is 3.44. The van der Waals surface area contributed by atoms with Crippen molar-refractivity contribution >= 4 is 22.4 Å². The second kappa shape index (κ2) is 11.2. The van der Waals surface area contributed by atoms with Crippen LogP contribution < -0.4 is 10.1 Å². The van der Waals surface area contributed by atoms with Crippen LogP contribution in [0.15, 0.2) is 67.0 Å². The third kappa shape index (κ3) is 5.67. The molecular weight excluding hydrogens is 458 g/mol. The minimum atomic E-state index is -0.578. The van der Waals surface area contributed by atoms with Gasteiger partial charge in [-0.25, -0.2) is 0 Å². The lowest BCUT2D eigenvalue weighted by Crippen LogP contribution is -2.45. The van der Waals surface area contributed by atoms with Gasteiger partial charge < -0.3 is 20.1 Å². The van der Waals surface area contributed by atoms with E-state index in [1.54, 1.807) is 13.3 Å². The van der Waals surface area contributed by atoms with Crippen LogP contribution in [0.5, 0.6) is 5.75 Å². The standard InChI is InChI=1S/C27H31N5O2S/c1-34-25-9-5-8-22-21(10-13-28-27(22)25)24(33)18-32-14-11-20(12-15-32)30-23(26-17-29-31-35-26)16-19-6-3-2-4-7-19/h2-10,13,17,20,23-24,30,33H,11-12,14-16,18H2,1H3/t23?,24-/m0/s1. The first-order chi connectivity index (χ1) is 17.2. The number of nitrogens with zero attached hydrogens (tertiary/aromatic N) is 4. The van der Waals surface area contributed by atoms with Gasteiger partial charge in [0.2, 0.25) is 0 Å². The summed E-state index contributed by atoms with van der Waals surface area (Å²) in [5, 5.41) is 20.0. The number of methoxy groups -OCH3 is 1. The number of β-amino-alcohol motifs (C(OH)–C–C–N with tert-alkyl or cyclic N) is 1. The second-order valence-corrected chi connectivity index (χ2v) is 9.89. The van der Waals surface area contributed by atoms with Gasteiger partial charge in [-0.2, -0.15) is 0 Å². The topological polar surface area (TPSA) is 83.4 Å². The van der Waals surface area contributed by atoms with E-state index >= 15 is 0 Å². The number of aliphatic hydroxyl groups excluding tert-OH is 1. The zero-order valence-corrected chi connectivity index (χ0v) is 20.7. The molecule has 2 N–H and O–H groups in total. The van der Waals surface area contributed by atoms with E-state index in [4.69, 9.17) is 4.74 Å². The Morgan fingerprint density at radius 1 is 1.11 bits per heavy atom. The van der Waals surface area contributed by atoms with E-state index in [0.29, 0.717) is 12.6 Å². The number of likely N-dealkylation sites (tertiary alicyclic amines) is 1. The Hall–Kier alpha value is -2.91. The number of pyridine rings is 1. The van der Waals surface area contributed by atoms with Crippen LogP contribution in [0, 0.1) is 0 Å². The molecule has 1 aliphatic heterocycles. The number of rotatable bonds is 9. The summed E-state index contributed by atoms with van der Waals surface area (Å²) in [7, 11) is 1.65. The van der Waals surface area contributed by atoms with Crippen LogP contribution in [0.1, 0.15) is 41.0 Å². The monoisotopic (exact) mass is 489 g/mol. The molecule has 2 atom stereocenters. The molecule has 8 heteroatoms. The Bertz CT molecular complexity index is 1210. The Morgan fingerprint density at radius 3 is 2.69 bits per heavy atom. The lowest BCUT2D eigenvalue weighted by molar-refractivity contribution is 0.0936. The number of hydrogen-bond acceptors (Lipinski definition) is 8. The fraction of sp³-hybridized carbons (Fsp3) is 0.370. The SMILES string of the molecule is COc1cccc2c([C@@H](O)CN3CCC(NC(Cc4ccccc4)c4cnns4)CC3)ccnc12. The normalized spacial score (nSPS) is 16.9. The van der Waals surface area contributed by atoms with Crippen LogP contribution >= 0.6 is 11.5 Å². The third-order valence-electron chi connectivity index (χ3n) is 6.81. The number of hydrogen-bond donors (Lipinski definition) is 2. The van der Waals surface area contributed by atoms with Gasteiger partial charge in [-0.05, 0) is 67.1 Å². The molecule has 7 nitrogen and oxygen atoms in total. The summed E-state index contributed by atoms with van der Waals surface area (Å²) in [6.45, 7) is 2.50. The summed E-state index contributed by atoms with van der Waals surface area (Å²) in [4.78, 5) is 7.99. The van der Waals surface area contributed by atoms with Gasteiger partial charge >= 0.3 is 0 Å². The predicted molar refractivity (Wildman–Crippen MR) is 139 cm³/mol. The first-order valence-electron chi connectivity index (χ1n) is 12.1. The van der Waals surface area contributed by atoms with Crippen LogP contribution in [0.3, 0.4) is 0 Å². The number of nitrogens with one attached hydrogen (secondary N) is 1. The summed E-state index contributed by atoms with van der Waals surface area (Å²) < 4.78 is 9.54. The molecule has 2 aromatic carbocycles. The van der Waals surface area contributed by atoms with Crippen LogP contribution in [0.2, 0.25) is 0 Å². The van der Waals surface area contributed by atoms with Gasteiger partial charge in [-0.1, -0.05) is 47.0 Å². The third-order valence-corrected chi connectivity index (χ3v) is 7.58. The highest BCUT2D eigenvalue weighted by molar-refractivity contribution is 7.05. The van der Waals surface area contributed by atoms with Gasteiger partial charge in [0.05, 0.1) is 24.3 Å². The van der Waals surface area contributed by atoms with E-state index in [2.05, 4.69) is 55.1 Å². The van der Waals surface area contributed by atoms with Gasteiger partial charge in [-0.3, -0.25) is 4.98 Å². The highest BCUT2D eigenvalue weighted by Crippen LogP contribution is 2.30. The van der Waals surface area contributed by atoms with Gasteiger partial charge in [0, 0.05) is 30.2 Å². The number of para-hydroxylation sites is 1. The maximum atomic E-state index is 11.1. The molecule has 0 aliphatic carbocycles. The fourth-order valence-electron chi connectivity index (χ4n) is 4.96. The highest BCUT2D eigenvalue weighted by Gasteiger charge is 2.25. The molecule has 0 saturated carbocycles. The molecule has 1 fully saturated rings. The van der Waals surface area contributed by atoms with Gasteiger partial charge in [-0.15, -0.1) is 5.10 Å². The lowest BCUT2D eigenvalue weighted by Gasteiger charge is -2.35. The summed E-state index contributed by atoms with van der Waals surface area (Å²) in [6, 6.07) is 19.0. The average molecular weight is 490 g/mol. The lowest BCUT2D eigenvalue weighted by atomic mass is 9.99. The van der Waals surface area contributed by atoms with E-state index in [9.17, 15) is 5.11 Å². The second-order valence-electron chi connectivity index (χ2n) is 9.08. The summed E-state index contributed by atoms with van der Waals surface area (Å²) >= 11 is 1.47. The zero-order chi connectivity index (χ0) is 24.0. The molecule has 182 valence electrons. The van der Waals surface area contributed by atoms with Crippen molar-refractivity contribution in [2.75, 3.05) is 26.7 Å². The first kappa shape index (κ1) is 23.8. The summed E-state index contributed by atoms with van der Waals surface area (Å²) in [5.41, 5.74) is 2.99. The predicted octanol–water partition coefficient (Wildman–Crippen LogP) is 4.17. The minimum Gasteiger partial charge on any atom is -0.494 e. The van der Waals surface area contributed by atoms with Crippen molar-refractivity contribution in [3.63, 3.8) is 0 Å². The fourth-order valence-corrected chi connectivity index (χ4v) is 5.52. The van der Waals surface area contributed by atoms with Crippen molar-refractivity contribution in [1.29, 1.82) is 0 Å². The molecule has 0 spiro atoms. The molecule has 35 heavy (non-hydrogen) atoms. The van der Waals surface area contributed by atoms with Gasteiger partial charge in [0.1, 0.15) is 11.3 Å². The highest BCUT2D eigenvalue weighted by atomic mass is 32.1. The number of piperidine rings is 1. The van der Waals surface area contributed by atoms with Crippen LogP contribution in [-0.2, 0) is 6.42 Å². The number of ether oxygens (including phenoxy) is 1. The van der Waals surface area contributed by atoms with E-state index in [0.717, 1.165) is 54.6 Å². The Kier molecular flexibility index (Phi) is 7.63. The van der Waals surface area contributed by atoms with Crippen molar-refractivity contribution in [1.82, 2.24) is 24.8 Å². The van der Waals surface area contributed by atoms with Crippen LogP contribution in [0.25, 0.3) is 10.9 Å². The quantitative estimate of drug-likeness (QED) is 0.365. The van der Waals surface area contributed by atoms with Crippen molar-refractivity contribution in [3.05, 3.63) is 83.0 Å². The van der Waals surface area contributed by atoms with Gasteiger partial charge in [0.25, 0.3) is 0 Å². The van der Waals surface area contributed by atoms with Crippen molar-refractivity contribution in [3.8, 4) is 5.75 Å². The molecule has 1 aliphatic rings. The van der Waals surface area contributed by atoms with E-state index in [1.807, 2.05) is 30.5 Å². The van der Waals surface area contributed by atoms with Crippen molar-refractivity contribution < 1.29 is 9.84 Å². The van der Waals surface area contributed by atoms with E-state index in [1.165, 1.54) is 22.0 Å². The number of benzene rings is 2. The molecule has 1 unspecified atom stereocenters. The zero-order valence-electron chi connectivity index (χ0n) is 19.9. The molecular formula is C27H31N5O2S. The van der Waals surface area contributed by atoms with Crippen LogP contribution in [-0.4, -0.2) is 57.4 Å². The van der Waals surface area contributed by atoms with Gasteiger partial charge in [0.15, 0.2) is 0 Å². The van der Waals surface area contributed by atoms with Crippen molar-refractivity contribution in [2.45, 2.75) is 37.5 Å². The molecule has 4 aromatic rings. The molecule has 0 radical (unpaired) electrons. The molecule has 0 bridgehead atoms. The number of fused-ring (bicyclic) bond motifs is 1. The minimum absolute atomic E-state index is 0.206. The molecule has 1 saturated heterocycles. The first-order valence-corrected chi connectivity index (χ1v) is 12.9. The maximum absolute atomic E-state index is 11.1. The molecule has 2 aromatic heterocycles. The largest absolute Gasteiger partial charge is 0.494 e. The van der Waals surface area contributed by atoms with Crippen molar-refractivity contribution in [2.24, 2.45) is 0 Å². The molecule has 0 amide bonds. The van der Waals surface area contributed by atoms with E-state index in [-0.39, 0.29) is 6.04 Å². The number of aromatic nitrogens is 3. The Balaban J connectivity index is 1.20. The summed E-state index contributed by atoms with van der Waals surface area (Å²) in [6.07, 6.45) is 6.05. The molecule has 5 rings (SSSR count). The number of aliphatic hydroxyl groups is 1. The smallest absolute Gasteiger partial charge is 0.145 e. The Labute approximate surface area is 209 Å². The maximum Gasteiger partial charge on any atom is 0.145 e. The summed E-state index contributed by atoms with van der Waals surface area (Å²) in [5.74, 6) is 0.727. The van der Waals surface area contributed by atoms with Crippen LogP contribution in [0.4, 0.5) is 0 Å².